The molecular weight excluding hydrogens is 232 g/mol. The topological polar surface area (TPSA) is 83.0 Å². The summed E-state index contributed by atoms with van der Waals surface area (Å²) in [7, 11) is 0. The van der Waals surface area contributed by atoms with Crippen LogP contribution < -0.4 is 5.73 Å². The number of para-hydroxylation sites is 1. The Hall–Kier alpha value is -2.37. The van der Waals surface area contributed by atoms with Crippen LogP contribution in [-0.4, -0.2) is 27.1 Å². The molecule has 0 saturated heterocycles. The van der Waals surface area contributed by atoms with Crippen molar-refractivity contribution < 1.29 is 9.53 Å². The molecule has 0 spiro atoms. The Morgan fingerprint density at radius 2 is 2.00 bits per heavy atom. The number of carbonyl (C=O) groups excluding carboxylic acids is 1. The van der Waals surface area contributed by atoms with Crippen molar-refractivity contribution in [1.82, 2.24) is 15.0 Å². The van der Waals surface area contributed by atoms with Crippen LogP contribution >= 0.6 is 0 Å². The van der Waals surface area contributed by atoms with Gasteiger partial charge < -0.3 is 10.5 Å². The Bertz CT molecular complexity index is 548. The molecule has 0 unspecified atom stereocenters. The summed E-state index contributed by atoms with van der Waals surface area (Å²) in [5, 5.41) is 7.61. The van der Waals surface area contributed by atoms with Crippen LogP contribution in [-0.2, 0) is 4.74 Å². The van der Waals surface area contributed by atoms with E-state index >= 15 is 0 Å². The first-order valence-corrected chi connectivity index (χ1v) is 5.57. The molecule has 0 amide bonds. The second-order valence-corrected chi connectivity index (χ2v) is 4.02. The monoisotopic (exact) mass is 246 g/mol. The van der Waals surface area contributed by atoms with E-state index in [1.807, 2.05) is 30.3 Å². The molecule has 0 fully saturated rings. The van der Waals surface area contributed by atoms with Gasteiger partial charge >= 0.3 is 5.97 Å². The molecule has 0 aliphatic rings. The molecule has 6 heteroatoms. The predicted octanol–water partition coefficient (Wildman–Crippen LogP) is 1.41. The fourth-order valence-corrected chi connectivity index (χ4v) is 1.46. The highest BCUT2D eigenvalue weighted by Crippen LogP contribution is 2.15. The first kappa shape index (κ1) is 12.1. The summed E-state index contributed by atoms with van der Waals surface area (Å²) < 4.78 is 6.43. The third-order valence-electron chi connectivity index (χ3n) is 2.24. The minimum absolute atomic E-state index is 0.0348. The quantitative estimate of drug-likeness (QED) is 0.828. The summed E-state index contributed by atoms with van der Waals surface area (Å²) in [6.07, 6.45) is -0.223. The van der Waals surface area contributed by atoms with Gasteiger partial charge in [0.05, 0.1) is 11.8 Å². The number of nitrogens with zero attached hydrogens (tertiary/aromatic N) is 3. The second-order valence-electron chi connectivity index (χ2n) is 4.02. The summed E-state index contributed by atoms with van der Waals surface area (Å²) in [5.74, 6) is -0.392. The number of hydrogen-bond acceptors (Lipinski definition) is 5. The molecule has 6 nitrogen and oxygen atoms in total. The van der Waals surface area contributed by atoms with Crippen LogP contribution in [0, 0.1) is 0 Å². The lowest BCUT2D eigenvalue weighted by Gasteiger charge is -2.06. The average molecular weight is 246 g/mol. The summed E-state index contributed by atoms with van der Waals surface area (Å²) in [4.78, 5) is 11.7. The third kappa shape index (κ3) is 2.32. The number of aromatic nitrogens is 3. The predicted molar refractivity (Wildman–Crippen MR) is 66.3 cm³/mol. The number of nitrogen functional groups attached to an aromatic ring is 1. The van der Waals surface area contributed by atoms with E-state index in [4.69, 9.17) is 10.5 Å². The number of carbonyl (C=O) groups is 1. The zero-order valence-electron chi connectivity index (χ0n) is 10.2. The van der Waals surface area contributed by atoms with Crippen molar-refractivity contribution >= 4 is 11.8 Å². The maximum Gasteiger partial charge on any atom is 0.363 e. The minimum atomic E-state index is -0.565. The van der Waals surface area contributed by atoms with Gasteiger partial charge in [-0.25, -0.2) is 4.79 Å². The zero-order valence-corrected chi connectivity index (χ0v) is 10.2. The van der Waals surface area contributed by atoms with Gasteiger partial charge in [-0.05, 0) is 26.0 Å². The van der Waals surface area contributed by atoms with Crippen molar-refractivity contribution in [3.63, 3.8) is 0 Å². The number of benzene rings is 1. The number of nitrogens with two attached hydrogens (primary N) is 1. The summed E-state index contributed by atoms with van der Waals surface area (Å²) in [5.41, 5.74) is 6.63. The van der Waals surface area contributed by atoms with Gasteiger partial charge in [0.1, 0.15) is 0 Å². The number of ether oxygens (including phenoxy) is 1. The Labute approximate surface area is 104 Å². The van der Waals surface area contributed by atoms with E-state index in [-0.39, 0.29) is 17.6 Å². The molecule has 0 radical (unpaired) electrons. The van der Waals surface area contributed by atoms with Crippen LogP contribution in [0.1, 0.15) is 24.3 Å². The smallest absolute Gasteiger partial charge is 0.363 e. The summed E-state index contributed by atoms with van der Waals surface area (Å²) in [6, 6.07) is 9.22. The molecule has 1 aromatic heterocycles. The largest absolute Gasteiger partial charge is 0.458 e. The van der Waals surface area contributed by atoms with E-state index in [1.165, 1.54) is 4.68 Å². The molecule has 0 bridgehead atoms. The Morgan fingerprint density at radius 3 is 2.61 bits per heavy atom. The van der Waals surface area contributed by atoms with E-state index in [0.717, 1.165) is 5.69 Å². The fraction of sp³-hybridized carbons (Fsp3) is 0.250. The molecule has 0 saturated carbocycles. The minimum Gasteiger partial charge on any atom is -0.458 e. The van der Waals surface area contributed by atoms with Crippen LogP contribution in [0.4, 0.5) is 5.82 Å². The molecule has 2 N–H and O–H groups in total. The van der Waals surface area contributed by atoms with Gasteiger partial charge in [-0.1, -0.05) is 23.4 Å². The first-order valence-electron chi connectivity index (χ1n) is 5.57. The van der Waals surface area contributed by atoms with Crippen molar-refractivity contribution in [1.29, 1.82) is 0 Å². The van der Waals surface area contributed by atoms with Crippen LogP contribution in [0.2, 0.25) is 0 Å². The SMILES string of the molecule is CC(C)OC(=O)c1nnn(-c2ccccc2)c1N. The number of esters is 1. The average Bonchev–Trinajstić information content (AvgIpc) is 2.71. The van der Waals surface area contributed by atoms with Gasteiger partial charge in [-0.15, -0.1) is 5.10 Å². The summed E-state index contributed by atoms with van der Waals surface area (Å²) >= 11 is 0. The van der Waals surface area contributed by atoms with Crippen molar-refractivity contribution in [2.45, 2.75) is 20.0 Å². The molecule has 0 atom stereocenters. The van der Waals surface area contributed by atoms with Crippen molar-refractivity contribution in [3.8, 4) is 5.69 Å². The van der Waals surface area contributed by atoms with Crippen molar-refractivity contribution in [3.05, 3.63) is 36.0 Å². The maximum absolute atomic E-state index is 11.7. The van der Waals surface area contributed by atoms with Gasteiger partial charge in [0.2, 0.25) is 5.69 Å². The van der Waals surface area contributed by atoms with Gasteiger partial charge in [0, 0.05) is 0 Å². The second kappa shape index (κ2) is 4.87. The first-order chi connectivity index (χ1) is 8.59. The Kier molecular flexibility index (Phi) is 3.27. The lowest BCUT2D eigenvalue weighted by Crippen LogP contribution is -2.14. The molecule has 2 rings (SSSR count). The molecule has 0 aliphatic carbocycles. The van der Waals surface area contributed by atoms with Crippen LogP contribution in [0.25, 0.3) is 5.69 Å². The van der Waals surface area contributed by atoms with Gasteiger partial charge in [-0.3, -0.25) is 0 Å². The highest BCUT2D eigenvalue weighted by atomic mass is 16.5. The van der Waals surface area contributed by atoms with Gasteiger partial charge in [0.15, 0.2) is 5.82 Å². The molecule has 94 valence electrons. The maximum atomic E-state index is 11.7. The van der Waals surface area contributed by atoms with E-state index < -0.39 is 5.97 Å². The normalized spacial score (nSPS) is 10.6. The highest BCUT2D eigenvalue weighted by molar-refractivity contribution is 5.92. The van der Waals surface area contributed by atoms with Crippen LogP contribution in [0.3, 0.4) is 0 Å². The summed E-state index contributed by atoms with van der Waals surface area (Å²) in [6.45, 7) is 3.52. The highest BCUT2D eigenvalue weighted by Gasteiger charge is 2.20. The standard InChI is InChI=1S/C12H14N4O2/c1-8(2)18-12(17)10-11(13)16(15-14-10)9-6-4-3-5-7-9/h3-8H,13H2,1-2H3. The van der Waals surface area contributed by atoms with E-state index in [2.05, 4.69) is 10.3 Å². The molecular formula is C12H14N4O2. The van der Waals surface area contributed by atoms with Crippen molar-refractivity contribution in [2.24, 2.45) is 0 Å². The van der Waals surface area contributed by atoms with Gasteiger partial charge in [-0.2, -0.15) is 4.68 Å². The molecule has 18 heavy (non-hydrogen) atoms. The molecule has 1 aromatic carbocycles. The lowest BCUT2D eigenvalue weighted by molar-refractivity contribution is 0.0372. The van der Waals surface area contributed by atoms with Crippen LogP contribution in [0.15, 0.2) is 30.3 Å². The Balaban J connectivity index is 2.32. The number of anilines is 1. The number of hydrogen-bond donors (Lipinski definition) is 1. The van der Waals surface area contributed by atoms with E-state index in [0.29, 0.717) is 0 Å². The van der Waals surface area contributed by atoms with Crippen molar-refractivity contribution in [2.75, 3.05) is 5.73 Å². The molecule has 0 aliphatic heterocycles. The molecule has 2 aromatic rings. The lowest BCUT2D eigenvalue weighted by atomic mass is 10.3. The van der Waals surface area contributed by atoms with Gasteiger partial charge in [0.25, 0.3) is 0 Å². The zero-order chi connectivity index (χ0) is 13.1. The fourth-order valence-electron chi connectivity index (χ4n) is 1.46. The van der Waals surface area contributed by atoms with E-state index in [9.17, 15) is 4.79 Å². The number of rotatable bonds is 3. The van der Waals surface area contributed by atoms with E-state index in [1.54, 1.807) is 13.8 Å². The van der Waals surface area contributed by atoms with Crippen LogP contribution in [0.5, 0.6) is 0 Å². The third-order valence-corrected chi connectivity index (χ3v) is 2.24. The Morgan fingerprint density at radius 1 is 1.33 bits per heavy atom. The molecule has 1 heterocycles.